The molecule has 3 aromatic carbocycles. The first-order valence-corrected chi connectivity index (χ1v) is 14.4. The number of carbonyl (C=O) groups excluding carboxylic acids is 2. The number of carbonyl (C=O) groups is 2. The molecular weight excluding hydrogens is 482 g/mol. The van der Waals surface area contributed by atoms with Gasteiger partial charge in [-0.3, -0.25) is 9.59 Å². The van der Waals surface area contributed by atoms with Gasteiger partial charge in [-0.15, -0.1) is 0 Å². The predicted molar refractivity (Wildman–Crippen MR) is 155 cm³/mol. The summed E-state index contributed by atoms with van der Waals surface area (Å²) in [6, 6.07) is 29.0. The van der Waals surface area contributed by atoms with E-state index >= 15 is 0 Å². The Kier molecular flexibility index (Phi) is 7.49. The van der Waals surface area contributed by atoms with E-state index < -0.39 is 0 Å². The van der Waals surface area contributed by atoms with Crippen LogP contribution in [0.2, 0.25) is 0 Å². The Balaban J connectivity index is 1.22. The number of amides is 2. The summed E-state index contributed by atoms with van der Waals surface area (Å²) in [5.74, 6) is 0.0360. The largest absolute Gasteiger partial charge is 0.345 e. The van der Waals surface area contributed by atoms with Crippen molar-refractivity contribution in [3.63, 3.8) is 0 Å². The lowest BCUT2D eigenvalue weighted by Gasteiger charge is -2.36. The third kappa shape index (κ3) is 5.93. The fraction of sp³-hybridized carbons (Fsp3) is 0.353. The topological polar surface area (TPSA) is 45.6 Å². The van der Waals surface area contributed by atoms with Crippen LogP contribution in [0.5, 0.6) is 0 Å². The van der Waals surface area contributed by atoms with Gasteiger partial charge < -0.3 is 14.4 Å². The number of benzene rings is 3. The molecule has 1 heterocycles. The van der Waals surface area contributed by atoms with E-state index in [0.29, 0.717) is 12.1 Å². The SMILES string of the molecule is O=C(CN(C(=O)c1ccc2ccccc2c1)C1CCCCC1)N(Cc1cccn1Cc1ccccc1)C1CC1. The van der Waals surface area contributed by atoms with Crippen LogP contribution in [0, 0.1) is 0 Å². The average molecular weight is 520 g/mol. The van der Waals surface area contributed by atoms with Gasteiger partial charge in [-0.2, -0.15) is 0 Å². The highest BCUT2D eigenvalue weighted by Gasteiger charge is 2.36. The number of fused-ring (bicyclic) bond motifs is 1. The Bertz CT molecular complexity index is 1430. The van der Waals surface area contributed by atoms with Crippen LogP contribution in [0.4, 0.5) is 0 Å². The molecule has 2 saturated carbocycles. The van der Waals surface area contributed by atoms with Crippen LogP contribution >= 0.6 is 0 Å². The van der Waals surface area contributed by atoms with Crippen LogP contribution in [-0.2, 0) is 17.9 Å². The highest BCUT2D eigenvalue weighted by Crippen LogP contribution is 2.30. The molecule has 5 nitrogen and oxygen atoms in total. The van der Waals surface area contributed by atoms with Gasteiger partial charge in [-0.25, -0.2) is 0 Å². The van der Waals surface area contributed by atoms with Crippen molar-refractivity contribution in [2.24, 2.45) is 0 Å². The van der Waals surface area contributed by atoms with Crippen molar-refractivity contribution in [1.29, 1.82) is 0 Å². The molecule has 1 aromatic heterocycles. The normalized spacial score (nSPS) is 15.8. The molecule has 4 aromatic rings. The molecule has 0 bridgehead atoms. The maximum Gasteiger partial charge on any atom is 0.254 e. The van der Waals surface area contributed by atoms with Gasteiger partial charge in [0.15, 0.2) is 0 Å². The highest BCUT2D eigenvalue weighted by atomic mass is 16.2. The number of hydrogen-bond acceptors (Lipinski definition) is 2. The molecule has 5 heteroatoms. The number of rotatable bonds is 9. The van der Waals surface area contributed by atoms with E-state index in [2.05, 4.69) is 53.2 Å². The van der Waals surface area contributed by atoms with Crippen LogP contribution in [0.3, 0.4) is 0 Å². The van der Waals surface area contributed by atoms with Crippen molar-refractivity contribution in [3.8, 4) is 0 Å². The van der Waals surface area contributed by atoms with E-state index in [1.807, 2.05) is 52.3 Å². The summed E-state index contributed by atoms with van der Waals surface area (Å²) in [5.41, 5.74) is 3.04. The van der Waals surface area contributed by atoms with Crippen molar-refractivity contribution in [2.75, 3.05) is 6.54 Å². The van der Waals surface area contributed by atoms with E-state index in [1.54, 1.807) is 0 Å². The van der Waals surface area contributed by atoms with Gasteiger partial charge in [0, 0.05) is 36.1 Å². The molecule has 0 N–H and O–H groups in total. The molecule has 2 amide bonds. The fourth-order valence-corrected chi connectivity index (χ4v) is 5.99. The summed E-state index contributed by atoms with van der Waals surface area (Å²) in [5, 5.41) is 2.17. The van der Waals surface area contributed by atoms with Crippen LogP contribution < -0.4 is 0 Å². The molecule has 0 unspecified atom stereocenters. The molecule has 0 saturated heterocycles. The Morgan fingerprint density at radius 3 is 2.21 bits per heavy atom. The van der Waals surface area contributed by atoms with Crippen LogP contribution in [0.1, 0.15) is 66.6 Å². The fourth-order valence-electron chi connectivity index (χ4n) is 5.99. The third-order valence-corrected chi connectivity index (χ3v) is 8.34. The Hall–Kier alpha value is -3.86. The predicted octanol–water partition coefficient (Wildman–Crippen LogP) is 6.66. The number of aromatic nitrogens is 1. The van der Waals surface area contributed by atoms with Crippen LogP contribution in [-0.4, -0.2) is 44.8 Å². The molecule has 0 atom stereocenters. The molecule has 200 valence electrons. The lowest BCUT2D eigenvalue weighted by molar-refractivity contribution is -0.133. The number of hydrogen-bond donors (Lipinski definition) is 0. The Labute approximate surface area is 231 Å². The molecule has 2 aliphatic carbocycles. The van der Waals surface area contributed by atoms with Crippen molar-refractivity contribution in [3.05, 3.63) is 108 Å². The summed E-state index contributed by atoms with van der Waals surface area (Å²) in [7, 11) is 0. The molecule has 0 radical (unpaired) electrons. The second-order valence-electron chi connectivity index (χ2n) is 11.2. The Morgan fingerprint density at radius 2 is 1.44 bits per heavy atom. The smallest absolute Gasteiger partial charge is 0.254 e. The van der Waals surface area contributed by atoms with E-state index in [-0.39, 0.29) is 30.4 Å². The molecule has 0 spiro atoms. The molecule has 6 rings (SSSR count). The zero-order valence-corrected chi connectivity index (χ0v) is 22.5. The number of nitrogens with zero attached hydrogens (tertiary/aromatic N) is 3. The lowest BCUT2D eigenvalue weighted by atomic mass is 9.93. The molecule has 0 aliphatic heterocycles. The minimum Gasteiger partial charge on any atom is -0.345 e. The summed E-state index contributed by atoms with van der Waals surface area (Å²) < 4.78 is 2.23. The summed E-state index contributed by atoms with van der Waals surface area (Å²) >= 11 is 0. The first-order valence-electron chi connectivity index (χ1n) is 14.4. The molecule has 2 aliphatic rings. The zero-order valence-electron chi connectivity index (χ0n) is 22.5. The van der Waals surface area contributed by atoms with Gasteiger partial charge >= 0.3 is 0 Å². The Morgan fingerprint density at radius 1 is 0.718 bits per heavy atom. The van der Waals surface area contributed by atoms with Gasteiger partial charge in [0.2, 0.25) is 5.91 Å². The van der Waals surface area contributed by atoms with Crippen molar-refractivity contribution in [2.45, 2.75) is 70.1 Å². The van der Waals surface area contributed by atoms with Crippen LogP contribution in [0.25, 0.3) is 10.8 Å². The van der Waals surface area contributed by atoms with Gasteiger partial charge in [-0.05, 0) is 66.3 Å². The molecule has 2 fully saturated rings. The molecule has 39 heavy (non-hydrogen) atoms. The van der Waals surface area contributed by atoms with E-state index in [4.69, 9.17) is 0 Å². The summed E-state index contributed by atoms with van der Waals surface area (Å²) in [6.45, 7) is 1.50. The van der Waals surface area contributed by atoms with Gasteiger partial charge in [0.05, 0.1) is 6.54 Å². The van der Waals surface area contributed by atoms with Gasteiger partial charge in [0.25, 0.3) is 5.91 Å². The summed E-state index contributed by atoms with van der Waals surface area (Å²) in [4.78, 5) is 31.8. The minimum absolute atomic E-state index is 0.0239. The maximum absolute atomic E-state index is 14.0. The zero-order chi connectivity index (χ0) is 26.6. The second kappa shape index (κ2) is 11.5. The summed E-state index contributed by atoms with van der Waals surface area (Å²) in [6.07, 6.45) is 9.52. The van der Waals surface area contributed by atoms with Crippen LogP contribution in [0.15, 0.2) is 91.1 Å². The highest BCUT2D eigenvalue weighted by molar-refractivity contribution is 6.00. The quantitative estimate of drug-likeness (QED) is 0.248. The van der Waals surface area contributed by atoms with Gasteiger partial charge in [-0.1, -0.05) is 79.9 Å². The minimum atomic E-state index is -0.0239. The van der Waals surface area contributed by atoms with Crippen molar-refractivity contribution in [1.82, 2.24) is 14.4 Å². The monoisotopic (exact) mass is 519 g/mol. The maximum atomic E-state index is 14.0. The third-order valence-electron chi connectivity index (χ3n) is 8.34. The first kappa shape index (κ1) is 25.4. The standard InChI is InChI=1S/C34H37N3O2/c38-33(36(31-19-20-31)24-32-16-9-21-35(32)23-26-10-3-1-4-11-26)25-37(30-14-5-2-6-15-30)34(39)29-18-17-27-12-7-8-13-28(27)22-29/h1,3-4,7-13,16-18,21-22,30-31H,2,5-6,14-15,19-20,23-25H2. The first-order chi connectivity index (χ1) is 19.2. The van der Waals surface area contributed by atoms with E-state index in [0.717, 1.165) is 61.5 Å². The van der Waals surface area contributed by atoms with Gasteiger partial charge in [0.1, 0.15) is 6.54 Å². The van der Waals surface area contributed by atoms with E-state index in [9.17, 15) is 9.59 Å². The molecular formula is C34H37N3O2. The van der Waals surface area contributed by atoms with Crippen molar-refractivity contribution < 1.29 is 9.59 Å². The lowest BCUT2D eigenvalue weighted by Crippen LogP contribution is -2.48. The van der Waals surface area contributed by atoms with Crippen molar-refractivity contribution >= 4 is 22.6 Å². The second-order valence-corrected chi connectivity index (χ2v) is 11.2. The van der Waals surface area contributed by atoms with E-state index in [1.165, 1.54) is 12.0 Å². The average Bonchev–Trinajstić information content (AvgIpc) is 3.74.